The van der Waals surface area contributed by atoms with Crippen molar-refractivity contribution in [1.29, 1.82) is 0 Å². The van der Waals surface area contributed by atoms with E-state index in [4.69, 9.17) is 16.3 Å². The summed E-state index contributed by atoms with van der Waals surface area (Å²) in [5.41, 5.74) is 1.38. The molecule has 0 N–H and O–H groups in total. The molecule has 0 saturated carbocycles. The Labute approximate surface area is 146 Å². The van der Waals surface area contributed by atoms with Crippen LogP contribution in [0.1, 0.15) is 18.9 Å². The monoisotopic (exact) mass is 352 g/mol. The van der Waals surface area contributed by atoms with Gasteiger partial charge in [0.2, 0.25) is 0 Å². The first-order valence-electron chi connectivity index (χ1n) is 7.46. The number of benzene rings is 2. The van der Waals surface area contributed by atoms with Gasteiger partial charge in [0.05, 0.1) is 11.6 Å². The highest BCUT2D eigenvalue weighted by atomic mass is 35.5. The van der Waals surface area contributed by atoms with Crippen molar-refractivity contribution in [1.82, 2.24) is 0 Å². The predicted octanol–water partition coefficient (Wildman–Crippen LogP) is 6.15. The fourth-order valence-corrected chi connectivity index (χ4v) is 3.85. The molecule has 0 amide bonds. The third-order valence-electron chi connectivity index (χ3n) is 3.02. The highest BCUT2D eigenvalue weighted by molar-refractivity contribution is 7.99. The van der Waals surface area contributed by atoms with Gasteiger partial charge in [0.25, 0.3) is 0 Å². The fraction of sp³-hybridized carbons (Fsp3) is 0.333. The second kappa shape index (κ2) is 10.1. The van der Waals surface area contributed by atoms with Crippen LogP contribution in [-0.4, -0.2) is 18.1 Å². The van der Waals surface area contributed by atoms with Gasteiger partial charge in [-0.15, -0.1) is 11.8 Å². The number of rotatable bonds is 9. The van der Waals surface area contributed by atoms with Crippen molar-refractivity contribution in [3.8, 4) is 5.75 Å². The van der Waals surface area contributed by atoms with Crippen molar-refractivity contribution in [2.24, 2.45) is 0 Å². The third-order valence-corrected chi connectivity index (χ3v) is 5.51. The summed E-state index contributed by atoms with van der Waals surface area (Å²) >= 11 is 9.85. The molecule has 0 saturated heterocycles. The van der Waals surface area contributed by atoms with E-state index in [0.717, 1.165) is 46.0 Å². The summed E-state index contributed by atoms with van der Waals surface area (Å²) in [6.07, 6.45) is 1.05. The van der Waals surface area contributed by atoms with E-state index in [1.54, 1.807) is 11.8 Å². The molecule has 1 nitrogen and oxygen atoms in total. The van der Waals surface area contributed by atoms with Crippen LogP contribution >= 0.6 is 35.1 Å². The molecule has 0 aliphatic rings. The third kappa shape index (κ3) is 6.15. The van der Waals surface area contributed by atoms with Crippen molar-refractivity contribution in [2.45, 2.75) is 24.0 Å². The number of halogens is 1. The van der Waals surface area contributed by atoms with Gasteiger partial charge in [-0.1, -0.05) is 48.9 Å². The van der Waals surface area contributed by atoms with Crippen LogP contribution in [0.3, 0.4) is 0 Å². The molecule has 2 aromatic rings. The Hall–Kier alpha value is -0.770. The molecule has 0 spiro atoms. The number of hydrogen-bond acceptors (Lipinski definition) is 3. The average Bonchev–Trinajstić information content (AvgIpc) is 2.55. The van der Waals surface area contributed by atoms with Crippen LogP contribution in [0.4, 0.5) is 0 Å². The summed E-state index contributed by atoms with van der Waals surface area (Å²) in [7, 11) is 0. The first-order valence-corrected chi connectivity index (χ1v) is 9.98. The van der Waals surface area contributed by atoms with Crippen LogP contribution in [0.15, 0.2) is 53.4 Å². The minimum absolute atomic E-state index is 0.750. The van der Waals surface area contributed by atoms with Crippen LogP contribution in [0.2, 0.25) is 5.02 Å². The molecule has 0 heterocycles. The Morgan fingerprint density at radius 3 is 2.68 bits per heavy atom. The maximum Gasteiger partial charge on any atom is 0.120 e. The normalized spacial score (nSPS) is 10.6. The SMILES string of the molecule is CCSc1cc(OCCCSCc2ccccc2)ccc1Cl. The molecule has 0 radical (unpaired) electrons. The lowest BCUT2D eigenvalue weighted by Gasteiger charge is -2.09. The Morgan fingerprint density at radius 2 is 1.91 bits per heavy atom. The van der Waals surface area contributed by atoms with E-state index < -0.39 is 0 Å². The van der Waals surface area contributed by atoms with E-state index >= 15 is 0 Å². The zero-order valence-electron chi connectivity index (χ0n) is 12.8. The molecule has 118 valence electrons. The maximum atomic E-state index is 6.16. The Kier molecular flexibility index (Phi) is 8.06. The van der Waals surface area contributed by atoms with Gasteiger partial charge in [-0.2, -0.15) is 11.8 Å². The van der Waals surface area contributed by atoms with E-state index in [1.165, 1.54) is 5.56 Å². The molecule has 2 aromatic carbocycles. The molecule has 4 heteroatoms. The van der Waals surface area contributed by atoms with Gasteiger partial charge in [0.15, 0.2) is 0 Å². The van der Waals surface area contributed by atoms with Gasteiger partial charge in [-0.3, -0.25) is 0 Å². The van der Waals surface area contributed by atoms with Gasteiger partial charge in [0, 0.05) is 10.6 Å². The quantitative estimate of drug-likeness (QED) is 0.395. The minimum Gasteiger partial charge on any atom is -0.494 e. The maximum absolute atomic E-state index is 6.16. The lowest BCUT2D eigenvalue weighted by atomic mass is 10.2. The molecular formula is C18H21ClOS2. The summed E-state index contributed by atoms with van der Waals surface area (Å²) in [4.78, 5) is 1.10. The summed E-state index contributed by atoms with van der Waals surface area (Å²) in [6.45, 7) is 2.87. The summed E-state index contributed by atoms with van der Waals surface area (Å²) in [5, 5.41) is 0.803. The molecule has 0 aliphatic carbocycles. The van der Waals surface area contributed by atoms with Gasteiger partial charge in [-0.05, 0) is 41.7 Å². The number of thioether (sulfide) groups is 2. The Bertz CT molecular complexity index is 560. The van der Waals surface area contributed by atoms with Crippen molar-refractivity contribution in [3.63, 3.8) is 0 Å². The minimum atomic E-state index is 0.750. The van der Waals surface area contributed by atoms with Crippen LogP contribution < -0.4 is 4.74 Å². The fourth-order valence-electron chi connectivity index (χ4n) is 1.95. The molecule has 0 aliphatic heterocycles. The topological polar surface area (TPSA) is 9.23 Å². The predicted molar refractivity (Wildman–Crippen MR) is 101 cm³/mol. The highest BCUT2D eigenvalue weighted by Crippen LogP contribution is 2.30. The average molecular weight is 353 g/mol. The molecule has 0 fully saturated rings. The number of ether oxygens (including phenoxy) is 1. The smallest absolute Gasteiger partial charge is 0.120 e. The highest BCUT2D eigenvalue weighted by Gasteiger charge is 2.03. The van der Waals surface area contributed by atoms with Crippen LogP contribution in [0.5, 0.6) is 5.75 Å². The molecule has 0 atom stereocenters. The van der Waals surface area contributed by atoms with E-state index in [2.05, 4.69) is 37.3 Å². The molecule has 2 rings (SSSR count). The van der Waals surface area contributed by atoms with Crippen LogP contribution in [-0.2, 0) is 5.75 Å². The lowest BCUT2D eigenvalue weighted by molar-refractivity contribution is 0.318. The van der Waals surface area contributed by atoms with Gasteiger partial charge in [0.1, 0.15) is 5.75 Å². The first kappa shape index (κ1) is 17.6. The summed E-state index contributed by atoms with van der Waals surface area (Å²) in [5.74, 6) is 4.10. The second-order valence-corrected chi connectivity index (χ2v) is 7.58. The van der Waals surface area contributed by atoms with E-state index in [9.17, 15) is 0 Å². The van der Waals surface area contributed by atoms with E-state index in [1.807, 2.05) is 30.0 Å². The number of hydrogen-bond donors (Lipinski definition) is 0. The van der Waals surface area contributed by atoms with Gasteiger partial charge < -0.3 is 4.74 Å². The van der Waals surface area contributed by atoms with Crippen molar-refractivity contribution >= 4 is 35.1 Å². The second-order valence-electron chi connectivity index (χ2n) is 4.77. The largest absolute Gasteiger partial charge is 0.494 e. The molecule has 22 heavy (non-hydrogen) atoms. The van der Waals surface area contributed by atoms with Crippen molar-refractivity contribution < 1.29 is 4.74 Å². The Morgan fingerprint density at radius 1 is 1.09 bits per heavy atom. The van der Waals surface area contributed by atoms with Gasteiger partial charge >= 0.3 is 0 Å². The summed E-state index contributed by atoms with van der Waals surface area (Å²) in [6, 6.07) is 16.5. The van der Waals surface area contributed by atoms with E-state index in [-0.39, 0.29) is 0 Å². The molecular weight excluding hydrogens is 332 g/mol. The van der Waals surface area contributed by atoms with Crippen LogP contribution in [0, 0.1) is 0 Å². The summed E-state index contributed by atoms with van der Waals surface area (Å²) < 4.78 is 5.81. The molecule has 0 bridgehead atoms. The van der Waals surface area contributed by atoms with Crippen molar-refractivity contribution in [2.75, 3.05) is 18.1 Å². The lowest BCUT2D eigenvalue weighted by Crippen LogP contribution is -1.99. The molecule has 0 unspecified atom stereocenters. The zero-order chi connectivity index (χ0) is 15.6. The van der Waals surface area contributed by atoms with Crippen LogP contribution in [0.25, 0.3) is 0 Å². The van der Waals surface area contributed by atoms with Crippen molar-refractivity contribution in [3.05, 3.63) is 59.1 Å². The Balaban J connectivity index is 1.65. The first-order chi connectivity index (χ1) is 10.8. The standard InChI is InChI=1S/C18H21ClOS2/c1-2-22-18-13-16(9-10-17(18)19)20-11-6-12-21-14-15-7-4-3-5-8-15/h3-5,7-10,13H,2,6,11-12,14H2,1H3. The van der Waals surface area contributed by atoms with E-state index in [0.29, 0.717) is 0 Å². The zero-order valence-corrected chi connectivity index (χ0v) is 15.1. The van der Waals surface area contributed by atoms with Gasteiger partial charge in [-0.25, -0.2) is 0 Å². The molecule has 0 aromatic heterocycles.